The van der Waals surface area contributed by atoms with Crippen LogP contribution in [0.1, 0.15) is 5.56 Å². The molecule has 19 heavy (non-hydrogen) atoms. The van der Waals surface area contributed by atoms with E-state index in [-0.39, 0.29) is 22.9 Å². The van der Waals surface area contributed by atoms with Crippen molar-refractivity contribution in [2.24, 2.45) is 5.73 Å². The summed E-state index contributed by atoms with van der Waals surface area (Å²) in [5.41, 5.74) is 4.80. The molecule has 1 aromatic heterocycles. The highest BCUT2D eigenvalue weighted by Gasteiger charge is 2.29. The topological polar surface area (TPSA) is 109 Å². The molecule has 0 aromatic carbocycles. The van der Waals surface area contributed by atoms with Gasteiger partial charge >= 0.3 is 0 Å². The minimum Gasteiger partial charge on any atom is -0.325 e. The van der Waals surface area contributed by atoms with Gasteiger partial charge in [-0.05, 0) is 6.07 Å². The number of nitrogens with zero attached hydrogens (tertiary/aromatic N) is 2. The molecule has 0 aliphatic heterocycles. The number of rotatable bonds is 5. The molecular formula is C9H11ClF2N4O2S. The van der Waals surface area contributed by atoms with Crippen LogP contribution in [0.3, 0.4) is 0 Å². The number of alkyl halides is 2. The Labute approximate surface area is 115 Å². The first-order valence-electron chi connectivity index (χ1n) is 4.73. The van der Waals surface area contributed by atoms with Crippen LogP contribution in [0, 0.1) is 11.3 Å². The number of aromatic nitrogens is 1. The largest absolute Gasteiger partial charge is 0.325 e. The number of nitriles is 1. The highest BCUT2D eigenvalue weighted by molar-refractivity contribution is 7.89. The summed E-state index contributed by atoms with van der Waals surface area (Å²) >= 11 is 0. The van der Waals surface area contributed by atoms with Crippen LogP contribution in [-0.4, -0.2) is 32.4 Å². The predicted octanol–water partition coefficient (Wildman–Crippen LogP) is 0.247. The van der Waals surface area contributed by atoms with Crippen LogP contribution in [-0.2, 0) is 10.0 Å². The lowest BCUT2D eigenvalue weighted by Crippen LogP contribution is -2.41. The lowest BCUT2D eigenvalue weighted by Gasteiger charge is -2.14. The maximum Gasteiger partial charge on any atom is 0.273 e. The maximum atomic E-state index is 12.8. The van der Waals surface area contributed by atoms with E-state index in [2.05, 4.69) is 4.98 Å². The molecule has 10 heteroatoms. The van der Waals surface area contributed by atoms with E-state index >= 15 is 0 Å². The van der Waals surface area contributed by atoms with E-state index in [1.807, 2.05) is 0 Å². The molecule has 0 amide bonds. The Balaban J connectivity index is 0.00000324. The van der Waals surface area contributed by atoms with Crippen molar-refractivity contribution in [3.8, 4) is 6.07 Å². The van der Waals surface area contributed by atoms with E-state index in [0.29, 0.717) is 0 Å². The van der Waals surface area contributed by atoms with Crippen molar-refractivity contribution in [2.75, 3.05) is 13.1 Å². The molecule has 0 bridgehead atoms. The Kier molecular flexibility index (Phi) is 6.24. The summed E-state index contributed by atoms with van der Waals surface area (Å²) in [6.07, 6.45) is 2.12. The van der Waals surface area contributed by atoms with Crippen molar-refractivity contribution < 1.29 is 17.2 Å². The molecule has 0 spiro atoms. The number of nitrogens with two attached hydrogens (primary N) is 1. The third-order valence-electron chi connectivity index (χ3n) is 1.97. The van der Waals surface area contributed by atoms with Crippen molar-refractivity contribution in [3.05, 3.63) is 24.0 Å². The molecule has 0 atom stereocenters. The summed E-state index contributed by atoms with van der Waals surface area (Å²) in [7, 11) is -4.14. The molecule has 3 N–H and O–H groups in total. The maximum absolute atomic E-state index is 12.8. The van der Waals surface area contributed by atoms with Crippen LogP contribution in [0.15, 0.2) is 23.4 Å². The molecule has 0 saturated carbocycles. The number of sulfonamides is 1. The van der Waals surface area contributed by atoms with Crippen molar-refractivity contribution in [1.29, 1.82) is 5.26 Å². The zero-order valence-electron chi connectivity index (χ0n) is 9.51. The van der Waals surface area contributed by atoms with E-state index in [4.69, 9.17) is 11.0 Å². The van der Waals surface area contributed by atoms with Crippen LogP contribution in [0.25, 0.3) is 0 Å². The van der Waals surface area contributed by atoms with Gasteiger partial charge in [-0.2, -0.15) is 5.26 Å². The minimum atomic E-state index is -4.14. The van der Waals surface area contributed by atoms with Gasteiger partial charge in [0.15, 0.2) is 0 Å². The summed E-state index contributed by atoms with van der Waals surface area (Å²) in [5.74, 6) is -3.33. The number of pyridine rings is 1. The Morgan fingerprint density at radius 3 is 2.63 bits per heavy atom. The van der Waals surface area contributed by atoms with Crippen LogP contribution < -0.4 is 10.5 Å². The Morgan fingerprint density at radius 2 is 2.11 bits per heavy atom. The van der Waals surface area contributed by atoms with Gasteiger partial charge in [0.2, 0.25) is 10.0 Å². The van der Waals surface area contributed by atoms with Gasteiger partial charge in [0.05, 0.1) is 18.7 Å². The van der Waals surface area contributed by atoms with Crippen molar-refractivity contribution in [1.82, 2.24) is 9.71 Å². The zero-order valence-corrected chi connectivity index (χ0v) is 11.1. The monoisotopic (exact) mass is 312 g/mol. The number of hydrogen-bond acceptors (Lipinski definition) is 5. The van der Waals surface area contributed by atoms with Gasteiger partial charge in [0, 0.05) is 12.4 Å². The second-order valence-electron chi connectivity index (χ2n) is 3.41. The normalized spacial score (nSPS) is 11.5. The number of hydrogen-bond donors (Lipinski definition) is 2. The third kappa shape index (κ3) is 5.04. The standard InChI is InChI=1S/C9H10F2N4O2S.ClH/c10-9(11,5-13)6-15-18(16,17)8-1-7(2-12)3-14-4-8;/h1,3-4,15H,5-6,13H2;1H. The molecule has 106 valence electrons. The quantitative estimate of drug-likeness (QED) is 0.810. The second kappa shape index (κ2) is 6.72. The van der Waals surface area contributed by atoms with Crippen molar-refractivity contribution in [3.63, 3.8) is 0 Å². The van der Waals surface area contributed by atoms with E-state index in [0.717, 1.165) is 18.5 Å². The smallest absolute Gasteiger partial charge is 0.273 e. The van der Waals surface area contributed by atoms with E-state index in [9.17, 15) is 17.2 Å². The average molecular weight is 313 g/mol. The Hall–Kier alpha value is -1.34. The lowest BCUT2D eigenvalue weighted by molar-refractivity contribution is 0.0170. The first kappa shape index (κ1) is 17.7. The summed E-state index contributed by atoms with van der Waals surface area (Å²) in [5, 5.41) is 8.58. The van der Waals surface area contributed by atoms with Crippen LogP contribution in [0.5, 0.6) is 0 Å². The first-order chi connectivity index (χ1) is 8.30. The Morgan fingerprint density at radius 1 is 1.47 bits per heavy atom. The van der Waals surface area contributed by atoms with Gasteiger partial charge in [0.25, 0.3) is 5.92 Å². The molecule has 0 aliphatic carbocycles. The first-order valence-corrected chi connectivity index (χ1v) is 6.22. The number of nitrogens with one attached hydrogen (secondary N) is 1. The molecular weight excluding hydrogens is 302 g/mol. The van der Waals surface area contributed by atoms with Crippen LogP contribution in [0.2, 0.25) is 0 Å². The fourth-order valence-corrected chi connectivity index (χ4v) is 2.03. The molecule has 0 saturated heterocycles. The SMILES string of the molecule is Cl.N#Cc1cncc(S(=O)(=O)NCC(F)(F)CN)c1. The van der Waals surface area contributed by atoms with Gasteiger partial charge in [-0.1, -0.05) is 0 Å². The molecule has 0 aliphatic rings. The number of halogens is 3. The van der Waals surface area contributed by atoms with Gasteiger partial charge in [-0.15, -0.1) is 12.4 Å². The van der Waals surface area contributed by atoms with E-state index < -0.39 is 29.0 Å². The summed E-state index contributed by atoms with van der Waals surface area (Å²) in [6.45, 7) is -2.07. The fraction of sp³-hybridized carbons (Fsp3) is 0.333. The third-order valence-corrected chi connectivity index (χ3v) is 3.34. The van der Waals surface area contributed by atoms with E-state index in [1.165, 1.54) is 0 Å². The highest BCUT2D eigenvalue weighted by Crippen LogP contribution is 2.13. The molecule has 0 fully saturated rings. The molecule has 1 heterocycles. The predicted molar refractivity (Wildman–Crippen MR) is 65.4 cm³/mol. The summed E-state index contributed by atoms with van der Waals surface area (Å²) in [6, 6.07) is 2.74. The molecule has 6 nitrogen and oxygen atoms in total. The highest BCUT2D eigenvalue weighted by atomic mass is 35.5. The van der Waals surface area contributed by atoms with E-state index in [1.54, 1.807) is 10.8 Å². The van der Waals surface area contributed by atoms with Gasteiger partial charge < -0.3 is 5.73 Å². The van der Waals surface area contributed by atoms with Gasteiger partial charge in [-0.3, -0.25) is 4.98 Å². The minimum absolute atomic E-state index is 0. The van der Waals surface area contributed by atoms with Gasteiger partial charge in [-0.25, -0.2) is 21.9 Å². The summed E-state index contributed by atoms with van der Waals surface area (Å²) in [4.78, 5) is 3.18. The second-order valence-corrected chi connectivity index (χ2v) is 5.17. The molecule has 0 unspecified atom stereocenters. The van der Waals surface area contributed by atoms with Crippen molar-refractivity contribution in [2.45, 2.75) is 10.8 Å². The Bertz CT molecular complexity index is 574. The van der Waals surface area contributed by atoms with Crippen LogP contribution >= 0.6 is 12.4 Å². The fourth-order valence-electron chi connectivity index (χ4n) is 0.983. The van der Waals surface area contributed by atoms with Crippen molar-refractivity contribution >= 4 is 22.4 Å². The lowest BCUT2D eigenvalue weighted by atomic mass is 10.3. The van der Waals surface area contributed by atoms with Crippen LogP contribution in [0.4, 0.5) is 8.78 Å². The molecule has 1 rings (SSSR count). The zero-order chi connectivity index (χ0) is 13.8. The molecule has 1 aromatic rings. The average Bonchev–Trinajstić information content (AvgIpc) is 2.37. The molecule has 0 radical (unpaired) electrons. The van der Waals surface area contributed by atoms with Gasteiger partial charge in [0.1, 0.15) is 11.0 Å². The summed E-state index contributed by atoms with van der Waals surface area (Å²) < 4.78 is 50.6.